The van der Waals surface area contributed by atoms with Crippen molar-refractivity contribution in [1.82, 2.24) is 5.32 Å². The van der Waals surface area contributed by atoms with Gasteiger partial charge in [0, 0.05) is 12.3 Å². The first-order valence-corrected chi connectivity index (χ1v) is 4.12. The van der Waals surface area contributed by atoms with E-state index in [9.17, 15) is 0 Å². The minimum absolute atomic E-state index is 0.715. The first-order chi connectivity index (χ1) is 3.93. The van der Waals surface area contributed by atoms with Gasteiger partial charge in [0.05, 0.1) is 5.37 Å². The third-order valence-electron chi connectivity index (χ3n) is 1.26. The van der Waals surface area contributed by atoms with E-state index < -0.39 is 0 Å². The van der Waals surface area contributed by atoms with Gasteiger partial charge in [0.25, 0.3) is 0 Å². The van der Waals surface area contributed by atoms with Crippen LogP contribution in [0.15, 0.2) is 0 Å². The molecular weight excluding hydrogens is 118 g/mol. The fourth-order valence-electron chi connectivity index (χ4n) is 0.851. The molecule has 0 aromatic heterocycles. The third-order valence-corrected chi connectivity index (χ3v) is 2.50. The predicted octanol–water partition coefficient (Wildman–Crippen LogP) is 1.26. The van der Waals surface area contributed by atoms with Crippen LogP contribution in [0.25, 0.3) is 0 Å². The largest absolute Gasteiger partial charge is 0.305 e. The first kappa shape index (κ1) is 6.43. The molecule has 1 rings (SSSR count). The van der Waals surface area contributed by atoms with E-state index in [0.29, 0.717) is 5.37 Å². The Bertz CT molecular complexity index is 59.5. The molecule has 1 unspecified atom stereocenters. The van der Waals surface area contributed by atoms with E-state index in [2.05, 4.69) is 12.2 Å². The molecule has 8 heavy (non-hydrogen) atoms. The maximum atomic E-state index is 3.80. The van der Waals surface area contributed by atoms with Crippen molar-refractivity contribution in [1.29, 1.82) is 0 Å². The molecule has 0 aromatic rings. The molecule has 0 aromatic carbocycles. The fourth-order valence-corrected chi connectivity index (χ4v) is 1.94. The minimum Gasteiger partial charge on any atom is -0.305 e. The van der Waals surface area contributed by atoms with Gasteiger partial charge in [0.15, 0.2) is 0 Å². The summed E-state index contributed by atoms with van der Waals surface area (Å²) >= 11 is 2.02. The van der Waals surface area contributed by atoms with E-state index in [0.717, 1.165) is 6.42 Å². The van der Waals surface area contributed by atoms with E-state index >= 15 is 0 Å². The van der Waals surface area contributed by atoms with Crippen LogP contribution in [0.3, 0.4) is 0 Å². The van der Waals surface area contributed by atoms with Crippen molar-refractivity contribution in [3.63, 3.8) is 0 Å². The summed E-state index contributed by atoms with van der Waals surface area (Å²) in [7, 11) is 0. The molecule has 1 fully saturated rings. The summed E-state index contributed by atoms with van der Waals surface area (Å²) in [6.07, 6.45) is 2.29. The highest BCUT2D eigenvalue weighted by atomic mass is 32.2. The van der Waals surface area contributed by atoms with Crippen molar-refractivity contribution in [2.45, 2.75) is 18.2 Å². The molecule has 2 heteroatoms. The van der Waals surface area contributed by atoms with Gasteiger partial charge in [-0.15, -0.1) is 11.8 Å². The first-order valence-electron chi connectivity index (χ1n) is 3.07. The Morgan fingerprint density at radius 3 is 3.12 bits per heavy atom. The van der Waals surface area contributed by atoms with Gasteiger partial charge in [0.2, 0.25) is 0 Å². The average Bonchev–Trinajstić information content (AvgIpc) is 2.19. The van der Waals surface area contributed by atoms with Crippen LogP contribution in [0, 0.1) is 6.92 Å². The quantitative estimate of drug-likeness (QED) is 0.604. The van der Waals surface area contributed by atoms with Gasteiger partial charge in [-0.2, -0.15) is 0 Å². The van der Waals surface area contributed by atoms with E-state index in [1.165, 1.54) is 18.7 Å². The van der Waals surface area contributed by atoms with Crippen LogP contribution in [0.5, 0.6) is 0 Å². The standard InChI is InChI=1S/C6H12NS/c1-2-3-6-7-4-5-8-6/h6-7H,1-5H2. The topological polar surface area (TPSA) is 12.0 Å². The molecule has 1 N–H and O–H groups in total. The molecule has 0 spiro atoms. The highest BCUT2D eigenvalue weighted by Crippen LogP contribution is 2.17. The van der Waals surface area contributed by atoms with Crippen LogP contribution in [0.2, 0.25) is 0 Å². The fraction of sp³-hybridized carbons (Fsp3) is 0.833. The minimum atomic E-state index is 0.715. The summed E-state index contributed by atoms with van der Waals surface area (Å²) in [6.45, 7) is 4.99. The lowest BCUT2D eigenvalue weighted by Crippen LogP contribution is -2.18. The van der Waals surface area contributed by atoms with Crippen LogP contribution in [0.4, 0.5) is 0 Å². The molecule has 1 aliphatic rings. The van der Waals surface area contributed by atoms with E-state index in [4.69, 9.17) is 0 Å². The van der Waals surface area contributed by atoms with Gasteiger partial charge >= 0.3 is 0 Å². The second kappa shape index (κ2) is 3.36. The van der Waals surface area contributed by atoms with Crippen molar-refractivity contribution in [2.75, 3.05) is 12.3 Å². The predicted molar refractivity (Wildman–Crippen MR) is 38.8 cm³/mol. The molecule has 0 amide bonds. The maximum absolute atomic E-state index is 3.80. The van der Waals surface area contributed by atoms with Crippen LogP contribution < -0.4 is 5.32 Å². The molecule has 0 saturated carbocycles. The average molecular weight is 130 g/mol. The summed E-state index contributed by atoms with van der Waals surface area (Å²) in [5, 5.41) is 4.10. The van der Waals surface area contributed by atoms with Gasteiger partial charge in [-0.05, 0) is 6.42 Å². The molecule has 1 atom stereocenters. The summed E-state index contributed by atoms with van der Waals surface area (Å²) in [6, 6.07) is 0. The lowest BCUT2D eigenvalue weighted by Gasteiger charge is -2.04. The lowest BCUT2D eigenvalue weighted by molar-refractivity contribution is 0.665. The lowest BCUT2D eigenvalue weighted by atomic mass is 10.3. The summed E-state index contributed by atoms with van der Waals surface area (Å²) in [5.74, 6) is 1.28. The third kappa shape index (κ3) is 1.67. The Hall–Kier alpha value is 0.310. The number of hydrogen-bond acceptors (Lipinski definition) is 2. The highest BCUT2D eigenvalue weighted by Gasteiger charge is 2.11. The molecule has 0 aliphatic carbocycles. The molecular formula is C6H12NS. The molecule has 1 radical (unpaired) electrons. The second-order valence-corrected chi connectivity index (χ2v) is 3.27. The van der Waals surface area contributed by atoms with Crippen LogP contribution in [-0.4, -0.2) is 17.7 Å². The number of thioether (sulfide) groups is 1. The smallest absolute Gasteiger partial charge is 0.0532 e. The Kier molecular flexibility index (Phi) is 2.70. The molecule has 1 aliphatic heterocycles. The summed E-state index contributed by atoms with van der Waals surface area (Å²) in [4.78, 5) is 0. The molecule has 1 saturated heterocycles. The Labute approximate surface area is 55.2 Å². The Morgan fingerprint density at radius 2 is 2.62 bits per heavy atom. The van der Waals surface area contributed by atoms with Crippen molar-refractivity contribution in [2.24, 2.45) is 0 Å². The van der Waals surface area contributed by atoms with E-state index in [-0.39, 0.29) is 0 Å². The maximum Gasteiger partial charge on any atom is 0.0532 e. The highest BCUT2D eigenvalue weighted by molar-refractivity contribution is 8.00. The summed E-state index contributed by atoms with van der Waals surface area (Å²) in [5.41, 5.74) is 0. The van der Waals surface area contributed by atoms with Crippen molar-refractivity contribution in [3.05, 3.63) is 6.92 Å². The SMILES string of the molecule is [CH2]CCC1NCCS1. The van der Waals surface area contributed by atoms with E-state index in [1.54, 1.807) is 0 Å². The zero-order valence-corrected chi connectivity index (χ0v) is 5.84. The van der Waals surface area contributed by atoms with Gasteiger partial charge in [0.1, 0.15) is 0 Å². The Balaban J connectivity index is 2.06. The number of hydrogen-bond donors (Lipinski definition) is 1. The van der Waals surface area contributed by atoms with Crippen molar-refractivity contribution >= 4 is 11.8 Å². The van der Waals surface area contributed by atoms with Crippen LogP contribution >= 0.6 is 11.8 Å². The zero-order valence-electron chi connectivity index (χ0n) is 5.02. The number of nitrogens with one attached hydrogen (secondary N) is 1. The van der Waals surface area contributed by atoms with Crippen molar-refractivity contribution in [3.8, 4) is 0 Å². The van der Waals surface area contributed by atoms with E-state index in [1.807, 2.05) is 11.8 Å². The molecule has 0 bridgehead atoms. The van der Waals surface area contributed by atoms with Gasteiger partial charge < -0.3 is 5.32 Å². The molecule has 1 heterocycles. The van der Waals surface area contributed by atoms with Gasteiger partial charge in [-0.1, -0.05) is 13.3 Å². The normalized spacial score (nSPS) is 28.9. The molecule has 1 nitrogen and oxygen atoms in total. The Morgan fingerprint density at radius 1 is 1.75 bits per heavy atom. The molecule has 47 valence electrons. The van der Waals surface area contributed by atoms with Gasteiger partial charge in [-0.25, -0.2) is 0 Å². The van der Waals surface area contributed by atoms with Gasteiger partial charge in [-0.3, -0.25) is 0 Å². The second-order valence-electron chi connectivity index (χ2n) is 1.96. The monoisotopic (exact) mass is 130 g/mol. The van der Waals surface area contributed by atoms with Crippen molar-refractivity contribution < 1.29 is 0 Å². The van der Waals surface area contributed by atoms with Crippen LogP contribution in [0.1, 0.15) is 12.8 Å². The van der Waals surface area contributed by atoms with Crippen LogP contribution in [-0.2, 0) is 0 Å². The summed E-state index contributed by atoms with van der Waals surface area (Å²) < 4.78 is 0. The number of rotatable bonds is 2. The zero-order chi connectivity index (χ0) is 5.82.